The zero-order valence-corrected chi connectivity index (χ0v) is 9.36. The lowest BCUT2D eigenvalue weighted by Crippen LogP contribution is -2.19. The SMILES string of the molecule is COc1ccc(O)c(OCCN(C)C)c1. The number of phenolic OH excluding ortho intramolecular Hbond substituents is 1. The highest BCUT2D eigenvalue weighted by Crippen LogP contribution is 2.29. The van der Waals surface area contributed by atoms with Crippen LogP contribution in [0, 0.1) is 0 Å². The summed E-state index contributed by atoms with van der Waals surface area (Å²) in [7, 11) is 5.51. The Hall–Kier alpha value is -1.42. The van der Waals surface area contributed by atoms with Crippen molar-refractivity contribution in [3.63, 3.8) is 0 Å². The molecule has 0 unspecified atom stereocenters. The predicted molar refractivity (Wildman–Crippen MR) is 58.7 cm³/mol. The van der Waals surface area contributed by atoms with E-state index in [1.165, 1.54) is 0 Å². The van der Waals surface area contributed by atoms with E-state index < -0.39 is 0 Å². The molecule has 4 nitrogen and oxygen atoms in total. The van der Waals surface area contributed by atoms with Crippen LogP contribution >= 0.6 is 0 Å². The molecule has 0 saturated heterocycles. The number of benzene rings is 1. The van der Waals surface area contributed by atoms with E-state index in [0.29, 0.717) is 18.1 Å². The summed E-state index contributed by atoms with van der Waals surface area (Å²) in [6.45, 7) is 1.34. The predicted octanol–water partition coefficient (Wildman–Crippen LogP) is 1.34. The number of phenols is 1. The van der Waals surface area contributed by atoms with Crippen LogP contribution in [0.15, 0.2) is 18.2 Å². The highest BCUT2D eigenvalue weighted by molar-refractivity contribution is 5.44. The standard InChI is InChI=1S/C11H17NO3/c1-12(2)6-7-15-11-8-9(14-3)4-5-10(11)13/h4-5,8,13H,6-7H2,1-3H3. The van der Waals surface area contributed by atoms with Gasteiger partial charge in [0.15, 0.2) is 11.5 Å². The van der Waals surface area contributed by atoms with Crippen molar-refractivity contribution in [2.75, 3.05) is 34.4 Å². The summed E-state index contributed by atoms with van der Waals surface area (Å²) in [6.07, 6.45) is 0. The number of ether oxygens (including phenoxy) is 2. The van der Waals surface area contributed by atoms with Crippen LogP contribution in [-0.4, -0.2) is 44.4 Å². The third kappa shape index (κ3) is 3.67. The fraction of sp³-hybridized carbons (Fsp3) is 0.455. The fourth-order valence-electron chi connectivity index (χ4n) is 1.08. The maximum atomic E-state index is 9.50. The van der Waals surface area contributed by atoms with Gasteiger partial charge in [-0.3, -0.25) is 0 Å². The molecule has 0 saturated carbocycles. The molecular weight excluding hydrogens is 194 g/mol. The number of likely N-dealkylation sites (N-methyl/N-ethyl adjacent to an activating group) is 1. The van der Waals surface area contributed by atoms with Crippen molar-refractivity contribution in [1.82, 2.24) is 4.90 Å². The largest absolute Gasteiger partial charge is 0.504 e. The molecule has 0 aliphatic carbocycles. The van der Waals surface area contributed by atoms with Gasteiger partial charge in [-0.25, -0.2) is 0 Å². The van der Waals surface area contributed by atoms with Crippen molar-refractivity contribution in [1.29, 1.82) is 0 Å². The van der Waals surface area contributed by atoms with E-state index in [1.807, 2.05) is 19.0 Å². The van der Waals surface area contributed by atoms with Gasteiger partial charge in [-0.05, 0) is 26.2 Å². The van der Waals surface area contributed by atoms with Gasteiger partial charge in [-0.15, -0.1) is 0 Å². The van der Waals surface area contributed by atoms with E-state index >= 15 is 0 Å². The lowest BCUT2D eigenvalue weighted by Gasteiger charge is -2.12. The molecule has 4 heteroatoms. The number of methoxy groups -OCH3 is 1. The van der Waals surface area contributed by atoms with Gasteiger partial charge in [0.25, 0.3) is 0 Å². The van der Waals surface area contributed by atoms with E-state index in [9.17, 15) is 5.11 Å². The van der Waals surface area contributed by atoms with Gasteiger partial charge in [0.1, 0.15) is 12.4 Å². The van der Waals surface area contributed by atoms with Crippen LogP contribution in [0.25, 0.3) is 0 Å². The Morgan fingerprint density at radius 3 is 2.67 bits per heavy atom. The molecule has 0 atom stereocenters. The molecule has 1 aromatic carbocycles. The Balaban J connectivity index is 2.59. The zero-order chi connectivity index (χ0) is 11.3. The molecule has 0 amide bonds. The third-order valence-corrected chi connectivity index (χ3v) is 1.96. The van der Waals surface area contributed by atoms with Gasteiger partial charge in [0, 0.05) is 12.6 Å². The van der Waals surface area contributed by atoms with Crippen molar-refractivity contribution < 1.29 is 14.6 Å². The fourth-order valence-corrected chi connectivity index (χ4v) is 1.08. The average Bonchev–Trinajstić information content (AvgIpc) is 2.20. The van der Waals surface area contributed by atoms with Crippen LogP contribution in [-0.2, 0) is 0 Å². The number of nitrogens with zero attached hydrogens (tertiary/aromatic N) is 1. The first kappa shape index (κ1) is 11.7. The lowest BCUT2D eigenvalue weighted by atomic mass is 10.3. The first-order valence-electron chi connectivity index (χ1n) is 4.78. The summed E-state index contributed by atoms with van der Waals surface area (Å²) >= 11 is 0. The highest BCUT2D eigenvalue weighted by Gasteiger charge is 2.04. The Morgan fingerprint density at radius 1 is 1.33 bits per heavy atom. The maximum Gasteiger partial charge on any atom is 0.164 e. The summed E-state index contributed by atoms with van der Waals surface area (Å²) in [5.74, 6) is 1.26. The van der Waals surface area contributed by atoms with Gasteiger partial charge >= 0.3 is 0 Å². The molecule has 0 aliphatic heterocycles. The van der Waals surface area contributed by atoms with Crippen LogP contribution < -0.4 is 9.47 Å². The number of hydrogen-bond donors (Lipinski definition) is 1. The van der Waals surface area contributed by atoms with E-state index in [4.69, 9.17) is 9.47 Å². The van der Waals surface area contributed by atoms with E-state index in [-0.39, 0.29) is 5.75 Å². The van der Waals surface area contributed by atoms with Gasteiger partial charge in [0.2, 0.25) is 0 Å². The monoisotopic (exact) mass is 211 g/mol. The van der Waals surface area contributed by atoms with Gasteiger partial charge in [-0.1, -0.05) is 0 Å². The Bertz CT molecular complexity index is 313. The summed E-state index contributed by atoms with van der Waals surface area (Å²) in [5.41, 5.74) is 0. The average molecular weight is 211 g/mol. The minimum atomic E-state index is 0.134. The number of rotatable bonds is 5. The molecule has 0 radical (unpaired) electrons. The normalized spacial score (nSPS) is 10.4. The second-order valence-electron chi connectivity index (χ2n) is 3.49. The Labute approximate surface area is 90.0 Å². The maximum absolute atomic E-state index is 9.50. The van der Waals surface area contributed by atoms with Crippen LogP contribution in [0.3, 0.4) is 0 Å². The molecule has 1 N–H and O–H groups in total. The van der Waals surface area contributed by atoms with Crippen LogP contribution in [0.1, 0.15) is 0 Å². The number of aromatic hydroxyl groups is 1. The molecule has 0 spiro atoms. The molecule has 15 heavy (non-hydrogen) atoms. The highest BCUT2D eigenvalue weighted by atomic mass is 16.5. The molecular formula is C11H17NO3. The van der Waals surface area contributed by atoms with E-state index in [0.717, 1.165) is 6.54 Å². The molecule has 0 aromatic heterocycles. The quantitative estimate of drug-likeness (QED) is 0.798. The molecule has 0 heterocycles. The summed E-state index contributed by atoms with van der Waals surface area (Å²) < 4.78 is 10.5. The third-order valence-electron chi connectivity index (χ3n) is 1.96. The van der Waals surface area contributed by atoms with Gasteiger partial charge in [0.05, 0.1) is 7.11 Å². The second kappa shape index (κ2) is 5.46. The van der Waals surface area contributed by atoms with Crippen LogP contribution in [0.4, 0.5) is 0 Å². The summed E-state index contributed by atoms with van der Waals surface area (Å²) in [4.78, 5) is 2.01. The van der Waals surface area contributed by atoms with Gasteiger partial charge < -0.3 is 19.5 Å². The first-order chi connectivity index (χ1) is 7.13. The smallest absolute Gasteiger partial charge is 0.164 e. The zero-order valence-electron chi connectivity index (χ0n) is 9.36. The molecule has 1 aromatic rings. The van der Waals surface area contributed by atoms with Crippen LogP contribution in [0.2, 0.25) is 0 Å². The minimum absolute atomic E-state index is 0.134. The summed E-state index contributed by atoms with van der Waals surface area (Å²) in [6, 6.07) is 4.92. The minimum Gasteiger partial charge on any atom is -0.504 e. The van der Waals surface area contributed by atoms with Gasteiger partial charge in [-0.2, -0.15) is 0 Å². The second-order valence-corrected chi connectivity index (χ2v) is 3.49. The topological polar surface area (TPSA) is 41.9 Å². The molecule has 1 rings (SSSR count). The Morgan fingerprint density at radius 2 is 2.07 bits per heavy atom. The van der Waals surface area contributed by atoms with Crippen molar-refractivity contribution in [3.05, 3.63) is 18.2 Å². The first-order valence-corrected chi connectivity index (χ1v) is 4.78. The molecule has 0 aliphatic rings. The lowest BCUT2D eigenvalue weighted by molar-refractivity contribution is 0.251. The van der Waals surface area contributed by atoms with Crippen LogP contribution in [0.5, 0.6) is 17.2 Å². The van der Waals surface area contributed by atoms with E-state index in [2.05, 4.69) is 0 Å². The van der Waals surface area contributed by atoms with Crippen molar-refractivity contribution in [3.8, 4) is 17.2 Å². The van der Waals surface area contributed by atoms with Crippen molar-refractivity contribution >= 4 is 0 Å². The van der Waals surface area contributed by atoms with Crippen molar-refractivity contribution in [2.45, 2.75) is 0 Å². The molecule has 0 bridgehead atoms. The molecule has 0 fully saturated rings. The number of hydrogen-bond acceptors (Lipinski definition) is 4. The van der Waals surface area contributed by atoms with E-state index in [1.54, 1.807) is 25.3 Å². The molecule has 84 valence electrons. The Kier molecular flexibility index (Phi) is 4.24. The van der Waals surface area contributed by atoms with Crippen molar-refractivity contribution in [2.24, 2.45) is 0 Å². The summed E-state index contributed by atoms with van der Waals surface area (Å²) in [5, 5.41) is 9.50.